The van der Waals surface area contributed by atoms with E-state index in [2.05, 4.69) is 22.0 Å². The highest BCUT2D eigenvalue weighted by Crippen LogP contribution is 2.14. The van der Waals surface area contributed by atoms with Crippen LogP contribution in [0, 0.1) is 11.3 Å². The van der Waals surface area contributed by atoms with E-state index in [1.54, 1.807) is 5.06 Å². The van der Waals surface area contributed by atoms with Crippen LogP contribution in [0.2, 0.25) is 0 Å². The summed E-state index contributed by atoms with van der Waals surface area (Å²) in [6.45, 7) is 1.82. The quantitative estimate of drug-likeness (QED) is 0.0607. The van der Waals surface area contributed by atoms with Gasteiger partial charge in [0.2, 0.25) is 11.8 Å². The van der Waals surface area contributed by atoms with Gasteiger partial charge in [-0.2, -0.15) is 5.26 Å². The van der Waals surface area contributed by atoms with Crippen LogP contribution in [0.4, 0.5) is 0 Å². The molecule has 236 valence electrons. The van der Waals surface area contributed by atoms with Gasteiger partial charge in [0.25, 0.3) is 0 Å². The van der Waals surface area contributed by atoms with Gasteiger partial charge in [-0.05, 0) is 49.7 Å². The van der Waals surface area contributed by atoms with Crippen LogP contribution in [0.25, 0.3) is 0 Å². The van der Waals surface area contributed by atoms with E-state index >= 15 is 0 Å². The molecule has 0 aliphatic rings. The van der Waals surface area contributed by atoms with Crippen molar-refractivity contribution in [1.29, 1.82) is 5.26 Å². The summed E-state index contributed by atoms with van der Waals surface area (Å²) >= 11 is 3.47. The largest absolute Gasteiger partial charge is 0.273 e. The lowest BCUT2D eigenvalue weighted by atomic mass is 10.1. The highest BCUT2D eigenvalue weighted by atomic mass is 79.9. The topological polar surface area (TPSA) is 82.9 Å². The monoisotopic (exact) mass is 655 g/mol. The highest BCUT2D eigenvalue weighted by Gasteiger charge is 2.16. The van der Waals surface area contributed by atoms with E-state index in [1.807, 2.05) is 60.7 Å². The molecule has 0 aliphatic heterocycles. The zero-order valence-corrected chi connectivity index (χ0v) is 27.4. The Morgan fingerprint density at radius 3 is 1.49 bits per heavy atom. The molecule has 0 saturated carbocycles. The second-order valence-electron chi connectivity index (χ2n) is 10.8. The number of hydrogen-bond donors (Lipinski definition) is 0. The Labute approximate surface area is 267 Å². The number of amides is 2. The van der Waals surface area contributed by atoms with E-state index in [4.69, 9.17) is 14.9 Å². The maximum atomic E-state index is 12.9. The Hall–Kier alpha value is -2.73. The molecular weight excluding hydrogens is 606 g/mol. The number of carbonyl (C=O) groups excluding carboxylic acids is 2. The number of benzene rings is 2. The first kappa shape index (κ1) is 36.5. The maximum Gasteiger partial charge on any atom is 0.246 e. The third-order valence-corrected chi connectivity index (χ3v) is 7.75. The summed E-state index contributed by atoms with van der Waals surface area (Å²) < 4.78 is 0. The predicted molar refractivity (Wildman–Crippen MR) is 175 cm³/mol. The Balaban J connectivity index is 1.71. The van der Waals surface area contributed by atoms with Crippen molar-refractivity contribution in [3.8, 4) is 6.07 Å². The summed E-state index contributed by atoms with van der Waals surface area (Å²) in [5.74, 6) is 0.0542. The van der Waals surface area contributed by atoms with Crippen LogP contribution in [0.15, 0.2) is 60.7 Å². The zero-order chi connectivity index (χ0) is 30.8. The fourth-order valence-corrected chi connectivity index (χ4v) is 5.04. The minimum absolute atomic E-state index is 0.00818. The molecule has 43 heavy (non-hydrogen) atoms. The molecule has 2 aromatic rings. The van der Waals surface area contributed by atoms with Crippen LogP contribution in [0.3, 0.4) is 0 Å². The van der Waals surface area contributed by atoms with Gasteiger partial charge in [0, 0.05) is 37.7 Å². The minimum atomic E-state index is -0.00818. The van der Waals surface area contributed by atoms with Crippen LogP contribution >= 0.6 is 15.9 Å². The zero-order valence-electron chi connectivity index (χ0n) is 25.8. The summed E-state index contributed by atoms with van der Waals surface area (Å²) in [7, 11) is 0. The molecular formula is C35H50BrN3O4. The van der Waals surface area contributed by atoms with Gasteiger partial charge in [-0.1, -0.05) is 115 Å². The fourth-order valence-electron chi connectivity index (χ4n) is 4.65. The van der Waals surface area contributed by atoms with Crippen molar-refractivity contribution in [3.63, 3.8) is 0 Å². The number of hydrogen-bond acceptors (Lipinski definition) is 5. The molecule has 2 rings (SSSR count). The summed E-state index contributed by atoms with van der Waals surface area (Å²) in [6.07, 6.45) is 13.0. The van der Waals surface area contributed by atoms with E-state index in [-0.39, 0.29) is 11.8 Å². The van der Waals surface area contributed by atoms with Gasteiger partial charge in [-0.3, -0.25) is 19.3 Å². The van der Waals surface area contributed by atoms with E-state index in [0.29, 0.717) is 45.6 Å². The first-order valence-corrected chi connectivity index (χ1v) is 17.1. The second-order valence-corrected chi connectivity index (χ2v) is 11.6. The van der Waals surface area contributed by atoms with Crippen LogP contribution in [0.5, 0.6) is 0 Å². The van der Waals surface area contributed by atoms with Crippen LogP contribution < -0.4 is 0 Å². The molecule has 0 fully saturated rings. The van der Waals surface area contributed by atoms with E-state index < -0.39 is 0 Å². The van der Waals surface area contributed by atoms with Crippen LogP contribution in [0.1, 0.15) is 107 Å². The molecule has 0 heterocycles. The average molecular weight is 657 g/mol. The average Bonchev–Trinajstić information content (AvgIpc) is 3.04. The minimum Gasteiger partial charge on any atom is -0.273 e. The molecule has 0 spiro atoms. The van der Waals surface area contributed by atoms with Gasteiger partial charge >= 0.3 is 0 Å². The number of hydroxylamine groups is 4. The lowest BCUT2D eigenvalue weighted by Crippen LogP contribution is -2.32. The molecule has 2 amide bonds. The van der Waals surface area contributed by atoms with Gasteiger partial charge < -0.3 is 0 Å². The number of unbranched alkanes of at least 4 members (excludes halogenated alkanes) is 10. The van der Waals surface area contributed by atoms with Gasteiger partial charge in [-0.25, -0.2) is 10.1 Å². The second kappa shape index (κ2) is 24.7. The van der Waals surface area contributed by atoms with E-state index in [1.165, 1.54) is 17.9 Å². The Kier molecular flexibility index (Phi) is 20.9. The third kappa shape index (κ3) is 17.9. The molecule has 0 atom stereocenters. The number of carbonyl (C=O) groups is 2. The third-order valence-electron chi connectivity index (χ3n) is 7.19. The standard InChI is InChI=1S/C35H50BrN3O4/c36-26-16-5-1-3-14-24-34(40)38(42-30-32-20-10-7-11-21-32)28-18-6-2-4-15-25-35(41)39(29-19-9-17-27-37)43-31-33-22-12-8-13-23-33/h7-8,10-13,20-23H,1-6,9,14-19,24-26,28-31H2. The maximum absolute atomic E-state index is 12.9. The number of alkyl halides is 1. The Bertz CT molecular complexity index is 1030. The predicted octanol–water partition coefficient (Wildman–Crippen LogP) is 8.68. The number of nitrogens with zero attached hydrogens (tertiary/aromatic N) is 3. The smallest absolute Gasteiger partial charge is 0.246 e. The molecule has 0 radical (unpaired) electrons. The van der Waals surface area contributed by atoms with Gasteiger partial charge in [0.15, 0.2) is 0 Å². The molecule has 7 nitrogen and oxygen atoms in total. The molecule has 0 aromatic heterocycles. The van der Waals surface area contributed by atoms with E-state index in [0.717, 1.165) is 80.7 Å². The van der Waals surface area contributed by atoms with Gasteiger partial charge in [0.05, 0.1) is 6.07 Å². The van der Waals surface area contributed by atoms with Crippen molar-refractivity contribution in [1.82, 2.24) is 10.1 Å². The van der Waals surface area contributed by atoms with Crippen LogP contribution in [-0.4, -0.2) is 40.4 Å². The summed E-state index contributed by atoms with van der Waals surface area (Å²) in [4.78, 5) is 37.7. The Morgan fingerprint density at radius 1 is 0.605 bits per heavy atom. The molecule has 2 aromatic carbocycles. The fraction of sp³-hybridized carbons (Fsp3) is 0.571. The molecule has 8 heteroatoms. The lowest BCUT2D eigenvalue weighted by molar-refractivity contribution is -0.192. The molecule has 0 N–H and O–H groups in total. The normalized spacial score (nSPS) is 10.8. The molecule has 0 unspecified atom stereocenters. The summed E-state index contributed by atoms with van der Waals surface area (Å²) in [6, 6.07) is 21.9. The summed E-state index contributed by atoms with van der Waals surface area (Å²) in [5.41, 5.74) is 2.06. The first-order valence-electron chi connectivity index (χ1n) is 16.0. The van der Waals surface area contributed by atoms with Gasteiger partial charge in [-0.15, -0.1) is 0 Å². The molecule has 0 saturated heterocycles. The highest BCUT2D eigenvalue weighted by molar-refractivity contribution is 9.09. The van der Waals surface area contributed by atoms with Crippen molar-refractivity contribution >= 4 is 27.7 Å². The Morgan fingerprint density at radius 2 is 1.02 bits per heavy atom. The lowest BCUT2D eigenvalue weighted by Gasteiger charge is -2.22. The number of nitriles is 1. The number of rotatable bonds is 25. The SMILES string of the molecule is N#CCCCCN(OCc1ccccc1)C(=O)CCCCCCCN(OCc1ccccc1)C(=O)CCCCCCCBr. The van der Waals surface area contributed by atoms with Gasteiger partial charge in [0.1, 0.15) is 13.2 Å². The van der Waals surface area contributed by atoms with Crippen molar-refractivity contribution < 1.29 is 19.3 Å². The van der Waals surface area contributed by atoms with Crippen molar-refractivity contribution in [3.05, 3.63) is 71.8 Å². The van der Waals surface area contributed by atoms with Crippen LogP contribution in [-0.2, 0) is 32.5 Å². The number of halogens is 1. The van der Waals surface area contributed by atoms with Crippen molar-refractivity contribution in [2.24, 2.45) is 0 Å². The first-order chi connectivity index (χ1) is 21.1. The summed E-state index contributed by atoms with van der Waals surface area (Å²) in [5, 5.41) is 12.9. The van der Waals surface area contributed by atoms with E-state index in [9.17, 15) is 9.59 Å². The molecule has 0 aliphatic carbocycles. The molecule has 0 bridgehead atoms. The van der Waals surface area contributed by atoms with Crippen molar-refractivity contribution in [2.45, 2.75) is 110 Å². The van der Waals surface area contributed by atoms with Crippen molar-refractivity contribution in [2.75, 3.05) is 18.4 Å².